The summed E-state index contributed by atoms with van der Waals surface area (Å²) in [6.45, 7) is 1.81. The predicted octanol–water partition coefficient (Wildman–Crippen LogP) is -0.342. The average molecular weight is 118 g/mol. The first-order chi connectivity index (χ1) is 3.91. The Morgan fingerprint density at radius 2 is 1.88 bits per heavy atom. The molecule has 0 amide bonds. The number of nitrogens with two attached hydrogens (primary N) is 2. The summed E-state index contributed by atoms with van der Waals surface area (Å²) in [5, 5.41) is 0. The normalized spacial score (nSPS) is 9.75. The maximum atomic E-state index is 5.22. The molecule has 0 aromatic rings. The second-order valence-electron chi connectivity index (χ2n) is 1.57. The van der Waals surface area contributed by atoms with Crippen molar-refractivity contribution in [3.63, 3.8) is 0 Å². The number of hydrogen-bond acceptors (Lipinski definition) is 3. The van der Waals surface area contributed by atoms with E-state index in [4.69, 9.17) is 16.2 Å². The molecule has 0 fully saturated rings. The molecule has 0 saturated carbocycles. The second-order valence-corrected chi connectivity index (χ2v) is 1.57. The molecule has 0 aromatic carbocycles. The predicted molar refractivity (Wildman–Crippen MR) is 33.3 cm³/mol. The van der Waals surface area contributed by atoms with Gasteiger partial charge in [0.05, 0.1) is 6.73 Å². The molecule has 0 aromatic heterocycles. The number of ether oxygens (including phenoxy) is 1. The summed E-state index contributed by atoms with van der Waals surface area (Å²) in [5.41, 5.74) is 10.3. The minimum Gasteiger partial charge on any atom is -0.367 e. The molecule has 0 unspecified atom stereocenters. The highest BCUT2D eigenvalue weighted by Crippen LogP contribution is 1.84. The van der Waals surface area contributed by atoms with Gasteiger partial charge in [-0.1, -0.05) is 0 Å². The van der Waals surface area contributed by atoms with Gasteiger partial charge in [0, 0.05) is 6.61 Å². The Labute approximate surface area is 50.0 Å². The van der Waals surface area contributed by atoms with Crippen LogP contribution in [-0.4, -0.2) is 19.9 Å². The van der Waals surface area contributed by atoms with Crippen molar-refractivity contribution >= 4 is 0 Å². The maximum Gasteiger partial charge on any atom is 0.0940 e. The first kappa shape index (κ1) is 7.88. The average Bonchev–Trinajstić information content (AvgIpc) is 1.81. The van der Waals surface area contributed by atoms with Crippen LogP contribution in [0.5, 0.6) is 0 Å². The van der Waals surface area contributed by atoms with Crippen LogP contribution in [0.1, 0.15) is 12.8 Å². The summed E-state index contributed by atoms with van der Waals surface area (Å²) < 4.78 is 4.86. The van der Waals surface area contributed by atoms with Crippen molar-refractivity contribution in [2.24, 2.45) is 11.5 Å². The molecular weight excluding hydrogens is 104 g/mol. The van der Waals surface area contributed by atoms with Crippen LogP contribution in [-0.2, 0) is 4.74 Å². The van der Waals surface area contributed by atoms with Crippen LogP contribution in [0.25, 0.3) is 0 Å². The highest BCUT2D eigenvalue weighted by Gasteiger charge is 1.82. The van der Waals surface area contributed by atoms with Crippen molar-refractivity contribution in [3.05, 3.63) is 0 Å². The second kappa shape index (κ2) is 6.88. The third-order valence-corrected chi connectivity index (χ3v) is 0.861. The summed E-state index contributed by atoms with van der Waals surface area (Å²) in [6, 6.07) is 0. The van der Waals surface area contributed by atoms with Crippen molar-refractivity contribution in [3.8, 4) is 0 Å². The van der Waals surface area contributed by atoms with Crippen LogP contribution in [0.3, 0.4) is 0 Å². The Bertz CT molecular complexity index is 35.4. The van der Waals surface area contributed by atoms with Crippen molar-refractivity contribution in [1.82, 2.24) is 0 Å². The van der Waals surface area contributed by atoms with E-state index in [0.29, 0.717) is 6.73 Å². The molecule has 3 heteroatoms. The summed E-state index contributed by atoms with van der Waals surface area (Å²) in [6.07, 6.45) is 2.05. The smallest absolute Gasteiger partial charge is 0.0940 e. The molecule has 4 N–H and O–H groups in total. The zero-order valence-corrected chi connectivity index (χ0v) is 5.10. The maximum absolute atomic E-state index is 5.22. The van der Waals surface area contributed by atoms with Gasteiger partial charge in [-0.2, -0.15) is 0 Å². The van der Waals surface area contributed by atoms with Gasteiger partial charge in [0.1, 0.15) is 0 Å². The van der Waals surface area contributed by atoms with E-state index >= 15 is 0 Å². The molecule has 8 heavy (non-hydrogen) atoms. The Morgan fingerprint density at radius 3 is 2.38 bits per heavy atom. The van der Waals surface area contributed by atoms with Gasteiger partial charge in [0.2, 0.25) is 0 Å². The molecule has 0 radical (unpaired) electrons. The lowest BCUT2D eigenvalue weighted by molar-refractivity contribution is 0.137. The molecular formula is C5H14N2O. The molecule has 0 aliphatic heterocycles. The van der Waals surface area contributed by atoms with Crippen LogP contribution in [0.4, 0.5) is 0 Å². The monoisotopic (exact) mass is 118 g/mol. The fourth-order valence-electron chi connectivity index (χ4n) is 0.432. The minimum absolute atomic E-state index is 0.324. The summed E-state index contributed by atoms with van der Waals surface area (Å²) in [4.78, 5) is 0. The Kier molecular flexibility index (Phi) is 6.78. The fraction of sp³-hybridized carbons (Fsp3) is 1.00. The zero-order valence-electron chi connectivity index (χ0n) is 5.10. The number of hydrogen-bond donors (Lipinski definition) is 2. The molecule has 0 rings (SSSR count). The summed E-state index contributed by atoms with van der Waals surface area (Å²) >= 11 is 0. The van der Waals surface area contributed by atoms with Gasteiger partial charge in [-0.05, 0) is 19.4 Å². The van der Waals surface area contributed by atoms with E-state index in [9.17, 15) is 0 Å². The van der Waals surface area contributed by atoms with E-state index in [-0.39, 0.29) is 0 Å². The Morgan fingerprint density at radius 1 is 1.12 bits per heavy atom. The quantitative estimate of drug-likeness (QED) is 0.383. The minimum atomic E-state index is 0.324. The molecule has 3 nitrogen and oxygen atoms in total. The van der Waals surface area contributed by atoms with Crippen LogP contribution in [0.15, 0.2) is 0 Å². The van der Waals surface area contributed by atoms with Crippen LogP contribution < -0.4 is 11.5 Å². The van der Waals surface area contributed by atoms with Crippen molar-refractivity contribution < 1.29 is 4.74 Å². The van der Waals surface area contributed by atoms with Gasteiger partial charge in [-0.25, -0.2) is 0 Å². The van der Waals surface area contributed by atoms with Gasteiger partial charge in [-0.15, -0.1) is 0 Å². The van der Waals surface area contributed by atoms with Crippen LogP contribution >= 0.6 is 0 Å². The van der Waals surface area contributed by atoms with Gasteiger partial charge in [0.25, 0.3) is 0 Å². The highest BCUT2D eigenvalue weighted by atomic mass is 16.5. The molecule has 0 atom stereocenters. The fourth-order valence-corrected chi connectivity index (χ4v) is 0.432. The summed E-state index contributed by atoms with van der Waals surface area (Å²) in [7, 11) is 0. The van der Waals surface area contributed by atoms with Gasteiger partial charge in [0.15, 0.2) is 0 Å². The van der Waals surface area contributed by atoms with E-state index in [1.165, 1.54) is 0 Å². The van der Waals surface area contributed by atoms with E-state index in [2.05, 4.69) is 0 Å². The van der Waals surface area contributed by atoms with Crippen molar-refractivity contribution in [2.45, 2.75) is 12.8 Å². The van der Waals surface area contributed by atoms with Gasteiger partial charge in [-0.3, -0.25) is 0 Å². The van der Waals surface area contributed by atoms with E-state index in [1.54, 1.807) is 0 Å². The van der Waals surface area contributed by atoms with E-state index in [1.807, 2.05) is 0 Å². The van der Waals surface area contributed by atoms with Gasteiger partial charge >= 0.3 is 0 Å². The molecule has 0 saturated heterocycles. The molecule has 0 bridgehead atoms. The van der Waals surface area contributed by atoms with Crippen LogP contribution in [0, 0.1) is 0 Å². The molecule has 0 aliphatic rings. The van der Waals surface area contributed by atoms with Crippen LogP contribution in [0.2, 0.25) is 0 Å². The highest BCUT2D eigenvalue weighted by molar-refractivity contribution is 4.37. The molecule has 0 heterocycles. The number of rotatable bonds is 5. The first-order valence-corrected chi connectivity index (χ1v) is 2.89. The molecule has 0 spiro atoms. The van der Waals surface area contributed by atoms with E-state index in [0.717, 1.165) is 26.0 Å². The van der Waals surface area contributed by atoms with Crippen molar-refractivity contribution in [2.75, 3.05) is 19.9 Å². The lowest BCUT2D eigenvalue weighted by atomic mass is 10.3. The third-order valence-electron chi connectivity index (χ3n) is 0.861. The molecule has 50 valence electrons. The first-order valence-electron chi connectivity index (χ1n) is 2.89. The number of unbranched alkanes of at least 4 members (excludes halogenated alkanes) is 1. The third kappa shape index (κ3) is 5.88. The largest absolute Gasteiger partial charge is 0.367 e. The zero-order chi connectivity index (χ0) is 6.24. The lowest BCUT2D eigenvalue weighted by Crippen LogP contribution is -2.07. The van der Waals surface area contributed by atoms with Crippen molar-refractivity contribution in [1.29, 1.82) is 0 Å². The van der Waals surface area contributed by atoms with E-state index < -0.39 is 0 Å². The summed E-state index contributed by atoms with van der Waals surface area (Å²) in [5.74, 6) is 0. The molecule has 0 aliphatic carbocycles. The topological polar surface area (TPSA) is 61.3 Å². The lowest BCUT2D eigenvalue weighted by Gasteiger charge is -1.96. The Balaban J connectivity index is 2.53. The SMILES string of the molecule is NCCCCOCN. The van der Waals surface area contributed by atoms with Gasteiger partial charge < -0.3 is 16.2 Å². The Hall–Kier alpha value is -0.120. The standard InChI is InChI=1S/C5H14N2O/c6-3-1-2-4-8-5-7/h1-7H2.